The van der Waals surface area contributed by atoms with Gasteiger partial charge in [0.05, 0.1) is 19.5 Å². The lowest BCUT2D eigenvalue weighted by molar-refractivity contribution is -0.0270. The van der Waals surface area contributed by atoms with Crippen LogP contribution in [0.2, 0.25) is 0 Å². The Morgan fingerprint density at radius 2 is 1.93 bits per heavy atom. The molecule has 0 aromatic rings. The van der Waals surface area contributed by atoms with E-state index in [9.17, 15) is 4.79 Å². The summed E-state index contributed by atoms with van der Waals surface area (Å²) in [7, 11) is 0. The summed E-state index contributed by atoms with van der Waals surface area (Å²) in [5, 5.41) is 10.7. The lowest BCUT2D eigenvalue weighted by atomic mass is 9.87. The number of rotatable bonds is 4. The molecule has 4 heterocycles. The van der Waals surface area contributed by atoms with Gasteiger partial charge >= 0.3 is 6.09 Å². The quantitative estimate of drug-likeness (QED) is 0.533. The zero-order chi connectivity index (χ0) is 19.8. The fourth-order valence-corrected chi connectivity index (χ4v) is 5.06. The molecule has 164 valence electrons. The van der Waals surface area contributed by atoms with Gasteiger partial charge in [0.2, 0.25) is 0 Å². The van der Waals surface area contributed by atoms with Gasteiger partial charge in [0.25, 0.3) is 0 Å². The minimum absolute atomic E-state index is 0.0460. The van der Waals surface area contributed by atoms with Gasteiger partial charge in [-0.3, -0.25) is 15.5 Å². The predicted molar refractivity (Wildman–Crippen MR) is 106 cm³/mol. The number of carbonyl (C=O) groups excluding carboxylic acids is 1. The van der Waals surface area contributed by atoms with E-state index in [4.69, 9.17) is 14.3 Å². The van der Waals surface area contributed by atoms with Crippen molar-refractivity contribution < 1.29 is 19.1 Å². The van der Waals surface area contributed by atoms with Gasteiger partial charge in [0.15, 0.2) is 0 Å². The van der Waals surface area contributed by atoms with E-state index in [0.29, 0.717) is 30.7 Å². The van der Waals surface area contributed by atoms with E-state index in [1.165, 1.54) is 0 Å². The number of nitrogens with one attached hydrogen (secondary N) is 4. The van der Waals surface area contributed by atoms with Crippen molar-refractivity contribution in [1.29, 1.82) is 0 Å². The van der Waals surface area contributed by atoms with Crippen LogP contribution in [0.4, 0.5) is 4.79 Å². The van der Waals surface area contributed by atoms with Gasteiger partial charge in [-0.15, -0.1) is 0 Å². The lowest BCUT2D eigenvalue weighted by Crippen LogP contribution is -2.54. The van der Waals surface area contributed by atoms with Crippen LogP contribution in [0, 0.1) is 11.8 Å². The largest absolute Gasteiger partial charge is 0.443 e. The second kappa shape index (κ2) is 8.28. The Balaban J connectivity index is 1.08. The molecule has 29 heavy (non-hydrogen) atoms. The molecule has 1 aliphatic carbocycles. The molecule has 9 heteroatoms. The maximum Gasteiger partial charge on any atom is 0.410 e. The number of likely N-dealkylation sites (tertiary alicyclic amines) is 1. The summed E-state index contributed by atoms with van der Waals surface area (Å²) in [5.74, 6) is 0.943. The first-order valence-electron chi connectivity index (χ1n) is 11.3. The van der Waals surface area contributed by atoms with Gasteiger partial charge in [-0.2, -0.15) is 5.48 Å². The van der Waals surface area contributed by atoms with Crippen LogP contribution in [0.3, 0.4) is 0 Å². The monoisotopic (exact) mass is 409 g/mol. The Bertz CT molecular complexity index is 589. The molecule has 0 radical (unpaired) electrons. The van der Waals surface area contributed by atoms with Crippen molar-refractivity contribution in [2.45, 2.75) is 75.5 Å². The van der Waals surface area contributed by atoms with Crippen molar-refractivity contribution in [3.8, 4) is 0 Å². The summed E-state index contributed by atoms with van der Waals surface area (Å²) in [6.45, 7) is 5.98. The van der Waals surface area contributed by atoms with Crippen LogP contribution in [-0.2, 0) is 14.3 Å². The first-order valence-corrected chi connectivity index (χ1v) is 11.3. The molecule has 4 aliphatic heterocycles. The van der Waals surface area contributed by atoms with Crippen LogP contribution in [0.25, 0.3) is 0 Å². The average Bonchev–Trinajstić information content (AvgIpc) is 3.18. The summed E-state index contributed by atoms with van der Waals surface area (Å²) in [6, 6.07) is 0.827. The van der Waals surface area contributed by atoms with E-state index < -0.39 is 0 Å². The van der Waals surface area contributed by atoms with Crippen molar-refractivity contribution in [2.75, 3.05) is 33.0 Å². The molecule has 5 atom stereocenters. The molecule has 0 bridgehead atoms. The molecule has 9 nitrogen and oxygen atoms in total. The van der Waals surface area contributed by atoms with Crippen LogP contribution in [0.15, 0.2) is 0 Å². The van der Waals surface area contributed by atoms with Gasteiger partial charge < -0.3 is 19.7 Å². The number of hydrogen-bond acceptors (Lipinski definition) is 8. The summed E-state index contributed by atoms with van der Waals surface area (Å²) in [5.41, 5.74) is 3.05. The highest BCUT2D eigenvalue weighted by Crippen LogP contribution is 2.39. The van der Waals surface area contributed by atoms with Crippen LogP contribution in [0.1, 0.15) is 45.4 Å². The third-order valence-corrected chi connectivity index (χ3v) is 7.36. The normalized spacial score (nSPS) is 40.2. The number of hydroxylamine groups is 1. The van der Waals surface area contributed by atoms with E-state index in [2.05, 4.69) is 21.4 Å². The highest BCUT2D eigenvalue weighted by molar-refractivity contribution is 5.68. The van der Waals surface area contributed by atoms with Gasteiger partial charge in [0, 0.05) is 31.1 Å². The second-order valence-electron chi connectivity index (χ2n) is 9.61. The van der Waals surface area contributed by atoms with E-state index in [1.807, 2.05) is 11.8 Å². The van der Waals surface area contributed by atoms with Crippen LogP contribution in [-0.4, -0.2) is 74.0 Å². The Kier molecular flexibility index (Phi) is 5.70. The fraction of sp³-hybridized carbons (Fsp3) is 0.950. The summed E-state index contributed by atoms with van der Waals surface area (Å²) in [4.78, 5) is 20.1. The highest BCUT2D eigenvalue weighted by atomic mass is 16.7. The number of piperidine rings is 2. The van der Waals surface area contributed by atoms with Gasteiger partial charge in [-0.05, 0) is 57.9 Å². The van der Waals surface area contributed by atoms with Crippen molar-refractivity contribution in [3.05, 3.63) is 0 Å². The van der Waals surface area contributed by atoms with Crippen LogP contribution in [0.5, 0.6) is 0 Å². The van der Waals surface area contributed by atoms with Crippen molar-refractivity contribution in [2.24, 2.45) is 11.8 Å². The minimum atomic E-state index is -0.198. The number of hydrogen-bond donors (Lipinski definition) is 4. The van der Waals surface area contributed by atoms with Crippen molar-refractivity contribution >= 4 is 6.09 Å². The molecule has 5 unspecified atom stereocenters. The second-order valence-corrected chi connectivity index (χ2v) is 9.61. The van der Waals surface area contributed by atoms with Crippen LogP contribution < -0.4 is 21.4 Å². The molecular formula is C20H35N5O4. The maximum atomic E-state index is 12.3. The maximum absolute atomic E-state index is 12.3. The van der Waals surface area contributed by atoms with E-state index in [-0.39, 0.29) is 24.1 Å². The first-order chi connectivity index (χ1) is 14.1. The summed E-state index contributed by atoms with van der Waals surface area (Å²) >= 11 is 0. The number of ether oxygens (including phenoxy) is 2. The fourth-order valence-electron chi connectivity index (χ4n) is 5.06. The van der Waals surface area contributed by atoms with Gasteiger partial charge in [-0.25, -0.2) is 4.79 Å². The number of nitrogens with zero attached hydrogens (tertiary/aromatic N) is 1. The lowest BCUT2D eigenvalue weighted by Gasteiger charge is -2.36. The van der Waals surface area contributed by atoms with Crippen molar-refractivity contribution in [1.82, 2.24) is 26.3 Å². The molecule has 4 saturated heterocycles. The molecule has 5 fully saturated rings. The Hall–Kier alpha value is -0.970. The molecular weight excluding hydrogens is 374 g/mol. The third kappa shape index (κ3) is 4.55. The van der Waals surface area contributed by atoms with Gasteiger partial charge in [0.1, 0.15) is 11.8 Å². The molecule has 4 N–H and O–H groups in total. The Morgan fingerprint density at radius 1 is 1.10 bits per heavy atom. The third-order valence-electron chi connectivity index (χ3n) is 7.36. The number of carbonyl (C=O) groups is 1. The predicted octanol–water partition coefficient (Wildman–Crippen LogP) is 0.478. The topological polar surface area (TPSA) is 96.1 Å². The van der Waals surface area contributed by atoms with E-state index in [1.54, 1.807) is 0 Å². The van der Waals surface area contributed by atoms with E-state index in [0.717, 1.165) is 64.8 Å². The first kappa shape index (κ1) is 20.0. The zero-order valence-corrected chi connectivity index (χ0v) is 17.3. The van der Waals surface area contributed by atoms with Crippen LogP contribution >= 0.6 is 0 Å². The molecule has 5 rings (SSSR count). The molecule has 0 spiro atoms. The SMILES string of the molecule is CC1(OC(=O)N2CCC(C3NOC(C4CCNC(C5COCN5)C4)N3)CC2)CC1. The molecule has 1 saturated carbocycles. The molecule has 0 aromatic heterocycles. The molecule has 0 aromatic carbocycles. The molecule has 5 aliphatic rings. The number of amides is 1. The zero-order valence-electron chi connectivity index (χ0n) is 17.3. The van der Waals surface area contributed by atoms with E-state index >= 15 is 0 Å². The van der Waals surface area contributed by atoms with Gasteiger partial charge in [-0.1, -0.05) is 0 Å². The molecule has 1 amide bonds. The summed E-state index contributed by atoms with van der Waals surface area (Å²) in [6.07, 6.45) is 6.15. The average molecular weight is 410 g/mol. The summed E-state index contributed by atoms with van der Waals surface area (Å²) < 4.78 is 11.1. The Morgan fingerprint density at radius 3 is 2.66 bits per heavy atom. The Labute approximate surface area is 172 Å². The highest BCUT2D eigenvalue weighted by Gasteiger charge is 2.44. The van der Waals surface area contributed by atoms with Crippen molar-refractivity contribution in [3.63, 3.8) is 0 Å². The minimum Gasteiger partial charge on any atom is -0.443 e. The standard InChI is InChI=1S/C20H35N5O4/c1-20(5-6-20)28-19(26)25-8-3-13(4-9-25)17-23-18(29-24-17)14-2-7-21-15(10-14)16-11-27-12-22-16/h13-18,21-24H,2-12H2,1H3. The smallest absolute Gasteiger partial charge is 0.410 e.